The van der Waals surface area contributed by atoms with Gasteiger partial charge in [0.05, 0.1) is 6.26 Å². The van der Waals surface area contributed by atoms with Crippen LogP contribution in [-0.2, 0) is 5.41 Å². The lowest BCUT2D eigenvalue weighted by Gasteiger charge is -2.15. The Morgan fingerprint density at radius 3 is 2.80 bits per heavy atom. The van der Waals surface area contributed by atoms with Gasteiger partial charge in [-0.15, -0.1) is 0 Å². The highest BCUT2D eigenvalue weighted by molar-refractivity contribution is 6.32. The van der Waals surface area contributed by atoms with Crippen LogP contribution in [0.5, 0.6) is 0 Å². The maximum atomic E-state index is 6.27. The summed E-state index contributed by atoms with van der Waals surface area (Å²) in [5.41, 5.74) is 8.03. The van der Waals surface area contributed by atoms with Gasteiger partial charge in [0.25, 0.3) is 0 Å². The molecule has 1 aliphatic rings. The summed E-state index contributed by atoms with van der Waals surface area (Å²) in [6, 6.07) is 5.79. The molecule has 3 heteroatoms. The summed E-state index contributed by atoms with van der Waals surface area (Å²) in [5, 5.41) is 1.93. The van der Waals surface area contributed by atoms with Crippen molar-refractivity contribution < 1.29 is 4.42 Å². The third kappa shape index (κ3) is 1.22. The Bertz CT molecular complexity index is 513. The van der Waals surface area contributed by atoms with E-state index < -0.39 is 0 Å². The van der Waals surface area contributed by atoms with Gasteiger partial charge in [0.2, 0.25) is 0 Å². The summed E-state index contributed by atoms with van der Waals surface area (Å²) >= 11 is 6.27. The zero-order valence-corrected chi connectivity index (χ0v) is 9.05. The number of benzene rings is 1. The van der Waals surface area contributed by atoms with Crippen LogP contribution < -0.4 is 5.73 Å². The Balaban J connectivity index is 2.32. The molecule has 15 heavy (non-hydrogen) atoms. The minimum Gasteiger partial charge on any atom is -0.464 e. The van der Waals surface area contributed by atoms with E-state index in [1.165, 1.54) is 5.56 Å². The number of fused-ring (bicyclic) bond motifs is 1. The average Bonchev–Trinajstić information content (AvgIpc) is 2.88. The number of nitrogens with two attached hydrogens (primary N) is 1. The van der Waals surface area contributed by atoms with E-state index in [9.17, 15) is 0 Å². The lowest BCUT2D eigenvalue weighted by Crippen LogP contribution is -2.20. The Morgan fingerprint density at radius 2 is 2.13 bits per heavy atom. The summed E-state index contributed by atoms with van der Waals surface area (Å²) < 4.78 is 5.38. The van der Waals surface area contributed by atoms with E-state index in [2.05, 4.69) is 0 Å². The van der Waals surface area contributed by atoms with Crippen molar-refractivity contribution in [1.29, 1.82) is 0 Å². The molecule has 1 aliphatic carbocycles. The molecule has 1 heterocycles. The van der Waals surface area contributed by atoms with Crippen molar-refractivity contribution in [2.45, 2.75) is 18.3 Å². The van der Waals surface area contributed by atoms with Gasteiger partial charge in [0.1, 0.15) is 5.58 Å². The van der Waals surface area contributed by atoms with Crippen LogP contribution in [0.25, 0.3) is 11.0 Å². The molecular weight excluding hydrogens is 210 g/mol. The lowest BCUT2D eigenvalue weighted by atomic mass is 9.93. The van der Waals surface area contributed by atoms with E-state index >= 15 is 0 Å². The van der Waals surface area contributed by atoms with Gasteiger partial charge in [-0.05, 0) is 36.6 Å². The van der Waals surface area contributed by atoms with Crippen LogP contribution >= 0.6 is 11.6 Å². The second-order valence-corrected chi connectivity index (χ2v) is 4.65. The van der Waals surface area contributed by atoms with E-state index in [-0.39, 0.29) is 5.41 Å². The number of hydrogen-bond acceptors (Lipinski definition) is 2. The summed E-state index contributed by atoms with van der Waals surface area (Å²) in [4.78, 5) is 0. The Labute approximate surface area is 93.0 Å². The van der Waals surface area contributed by atoms with Crippen molar-refractivity contribution >= 4 is 22.6 Å². The molecule has 1 aromatic heterocycles. The van der Waals surface area contributed by atoms with Crippen LogP contribution in [0, 0.1) is 0 Å². The smallest absolute Gasteiger partial charge is 0.134 e. The summed E-state index contributed by atoms with van der Waals surface area (Å²) in [6.07, 6.45) is 3.97. The van der Waals surface area contributed by atoms with Crippen LogP contribution in [0.3, 0.4) is 0 Å². The fourth-order valence-corrected chi connectivity index (χ4v) is 2.63. The van der Waals surface area contributed by atoms with E-state index in [1.807, 2.05) is 18.2 Å². The predicted octanol–water partition coefficient (Wildman–Crippen LogP) is 3.08. The fourth-order valence-electron chi connectivity index (χ4n) is 2.26. The van der Waals surface area contributed by atoms with Crippen molar-refractivity contribution in [3.05, 3.63) is 35.0 Å². The van der Waals surface area contributed by atoms with Gasteiger partial charge < -0.3 is 10.2 Å². The van der Waals surface area contributed by atoms with Crippen molar-refractivity contribution in [1.82, 2.24) is 0 Å². The molecule has 1 fully saturated rings. The van der Waals surface area contributed by atoms with Crippen molar-refractivity contribution in [2.75, 3.05) is 6.54 Å². The Kier molecular flexibility index (Phi) is 1.85. The number of rotatable bonds is 2. The number of halogens is 1. The fraction of sp³-hybridized carbons (Fsp3) is 0.333. The van der Waals surface area contributed by atoms with Crippen molar-refractivity contribution in [3.63, 3.8) is 0 Å². The van der Waals surface area contributed by atoms with Gasteiger partial charge in [-0.25, -0.2) is 0 Å². The Morgan fingerprint density at radius 1 is 1.33 bits per heavy atom. The van der Waals surface area contributed by atoms with Gasteiger partial charge in [0, 0.05) is 22.4 Å². The SMILES string of the molecule is NCC1(c2c(Cl)ccc3occc23)CC1. The molecule has 0 aliphatic heterocycles. The topological polar surface area (TPSA) is 39.2 Å². The first-order valence-electron chi connectivity index (χ1n) is 5.13. The summed E-state index contributed by atoms with van der Waals surface area (Å²) in [5.74, 6) is 0. The second-order valence-electron chi connectivity index (χ2n) is 4.24. The highest BCUT2D eigenvalue weighted by atomic mass is 35.5. The zero-order chi connectivity index (χ0) is 10.5. The van der Waals surface area contributed by atoms with E-state index in [0.29, 0.717) is 6.54 Å². The molecule has 0 spiro atoms. The molecule has 2 aromatic rings. The third-order valence-corrected chi connectivity index (χ3v) is 3.67. The number of furan rings is 1. The minimum absolute atomic E-state index is 0.112. The first-order chi connectivity index (χ1) is 7.27. The zero-order valence-electron chi connectivity index (χ0n) is 8.29. The monoisotopic (exact) mass is 221 g/mol. The van der Waals surface area contributed by atoms with Gasteiger partial charge in [-0.2, -0.15) is 0 Å². The molecule has 0 amide bonds. The van der Waals surface area contributed by atoms with Gasteiger partial charge in [-0.1, -0.05) is 11.6 Å². The van der Waals surface area contributed by atoms with Crippen LogP contribution in [0.15, 0.2) is 28.9 Å². The van der Waals surface area contributed by atoms with Gasteiger partial charge in [0.15, 0.2) is 0 Å². The van der Waals surface area contributed by atoms with E-state index in [1.54, 1.807) is 6.26 Å². The summed E-state index contributed by atoms with van der Waals surface area (Å²) in [6.45, 7) is 0.664. The quantitative estimate of drug-likeness (QED) is 0.847. The molecule has 2 nitrogen and oxygen atoms in total. The van der Waals surface area contributed by atoms with Crippen LogP contribution in [0.4, 0.5) is 0 Å². The van der Waals surface area contributed by atoms with Crippen molar-refractivity contribution in [2.24, 2.45) is 5.73 Å². The van der Waals surface area contributed by atoms with E-state index in [0.717, 1.165) is 28.8 Å². The maximum absolute atomic E-state index is 6.27. The second kappa shape index (κ2) is 3.00. The molecule has 1 saturated carbocycles. The van der Waals surface area contributed by atoms with Crippen molar-refractivity contribution in [3.8, 4) is 0 Å². The molecule has 2 N–H and O–H groups in total. The summed E-state index contributed by atoms with van der Waals surface area (Å²) in [7, 11) is 0. The molecule has 78 valence electrons. The molecule has 0 bridgehead atoms. The van der Waals surface area contributed by atoms with Crippen LogP contribution in [-0.4, -0.2) is 6.54 Å². The first kappa shape index (κ1) is 9.25. The third-order valence-electron chi connectivity index (χ3n) is 3.36. The molecule has 0 saturated heterocycles. The molecule has 0 radical (unpaired) electrons. The standard InChI is InChI=1S/C12H12ClNO/c13-9-1-2-10-8(3-6-15-10)11(9)12(7-14)4-5-12/h1-3,6H,4-5,7,14H2. The predicted molar refractivity (Wildman–Crippen MR) is 61.2 cm³/mol. The van der Waals surface area contributed by atoms with Crippen LogP contribution in [0.2, 0.25) is 5.02 Å². The minimum atomic E-state index is 0.112. The van der Waals surface area contributed by atoms with E-state index in [4.69, 9.17) is 21.8 Å². The highest BCUT2D eigenvalue weighted by Crippen LogP contribution is 2.52. The molecule has 0 atom stereocenters. The molecule has 1 aromatic carbocycles. The maximum Gasteiger partial charge on any atom is 0.134 e. The average molecular weight is 222 g/mol. The van der Waals surface area contributed by atoms with Gasteiger partial charge >= 0.3 is 0 Å². The molecule has 3 rings (SSSR count). The number of hydrogen-bond donors (Lipinski definition) is 1. The lowest BCUT2D eigenvalue weighted by molar-refractivity contribution is 0.615. The van der Waals surface area contributed by atoms with Crippen LogP contribution in [0.1, 0.15) is 18.4 Å². The first-order valence-corrected chi connectivity index (χ1v) is 5.51. The largest absolute Gasteiger partial charge is 0.464 e. The Hall–Kier alpha value is -0.990. The van der Waals surface area contributed by atoms with Gasteiger partial charge in [-0.3, -0.25) is 0 Å². The molecule has 0 unspecified atom stereocenters. The normalized spacial score (nSPS) is 18.3. The highest BCUT2D eigenvalue weighted by Gasteiger charge is 2.45. The molecular formula is C12H12ClNO.